The number of rotatable bonds is 5. The number of ether oxygens (including phenoxy) is 1. The second-order valence-electron chi connectivity index (χ2n) is 5.06. The van der Waals surface area contributed by atoms with Crippen molar-refractivity contribution in [3.63, 3.8) is 0 Å². The number of carbonyl (C=O) groups is 1. The molecule has 1 aromatic rings. The van der Waals surface area contributed by atoms with Crippen LogP contribution in [0.4, 0.5) is 0 Å². The van der Waals surface area contributed by atoms with Crippen molar-refractivity contribution >= 4 is 5.91 Å². The molecular weight excluding hydrogens is 242 g/mol. The summed E-state index contributed by atoms with van der Waals surface area (Å²) in [6.45, 7) is 1.72. The lowest BCUT2D eigenvalue weighted by Crippen LogP contribution is -2.41. The molecule has 1 aliphatic carbocycles. The van der Waals surface area contributed by atoms with Crippen LogP contribution in [0.25, 0.3) is 0 Å². The minimum Gasteiger partial charge on any atom is -0.481 e. The first-order chi connectivity index (χ1) is 9.19. The van der Waals surface area contributed by atoms with Crippen LogP contribution in [0, 0.1) is 0 Å². The van der Waals surface area contributed by atoms with E-state index in [-0.39, 0.29) is 12.5 Å². The van der Waals surface area contributed by atoms with E-state index in [1.807, 2.05) is 12.1 Å². The minimum atomic E-state index is -0.519. The van der Waals surface area contributed by atoms with Crippen LogP contribution in [0.15, 0.2) is 24.3 Å². The zero-order chi connectivity index (χ0) is 13.7. The van der Waals surface area contributed by atoms with Crippen molar-refractivity contribution in [1.29, 1.82) is 0 Å². The quantitative estimate of drug-likeness (QED) is 0.854. The lowest BCUT2D eigenvalue weighted by molar-refractivity contribution is -0.127. The molecule has 0 radical (unpaired) electrons. The van der Waals surface area contributed by atoms with Gasteiger partial charge < -0.3 is 15.2 Å². The number of hydrogen-bond acceptors (Lipinski definition) is 3. The average molecular weight is 263 g/mol. The van der Waals surface area contributed by atoms with E-state index in [9.17, 15) is 4.79 Å². The van der Waals surface area contributed by atoms with Gasteiger partial charge in [0.2, 0.25) is 0 Å². The molecule has 1 unspecified atom stereocenters. The van der Waals surface area contributed by atoms with Crippen LogP contribution in [0.2, 0.25) is 0 Å². The first kappa shape index (κ1) is 13.9. The van der Waals surface area contributed by atoms with Crippen molar-refractivity contribution in [1.82, 2.24) is 5.32 Å². The van der Waals surface area contributed by atoms with E-state index in [2.05, 4.69) is 5.32 Å². The maximum Gasteiger partial charge on any atom is 0.260 e. The molecule has 0 aliphatic heterocycles. The molecule has 0 saturated heterocycles. The van der Waals surface area contributed by atoms with E-state index in [0.29, 0.717) is 11.8 Å². The van der Waals surface area contributed by atoms with E-state index >= 15 is 0 Å². The van der Waals surface area contributed by atoms with E-state index in [4.69, 9.17) is 9.84 Å². The number of aliphatic hydroxyl groups is 1. The highest BCUT2D eigenvalue weighted by Gasteiger charge is 2.21. The molecule has 1 aliphatic rings. The number of nitrogens with one attached hydrogen (secondary N) is 1. The maximum absolute atomic E-state index is 12.0. The summed E-state index contributed by atoms with van der Waals surface area (Å²) in [4.78, 5) is 12.0. The van der Waals surface area contributed by atoms with Gasteiger partial charge in [-0.1, -0.05) is 25.0 Å². The van der Waals surface area contributed by atoms with E-state index in [0.717, 1.165) is 18.4 Å². The first-order valence-corrected chi connectivity index (χ1v) is 6.86. The molecule has 4 nitrogen and oxygen atoms in total. The van der Waals surface area contributed by atoms with Gasteiger partial charge in [0.1, 0.15) is 5.75 Å². The van der Waals surface area contributed by atoms with E-state index in [1.54, 1.807) is 19.1 Å². The predicted octanol–water partition coefficient (Wildman–Crippen LogP) is 2.00. The molecule has 1 saturated carbocycles. The third-order valence-electron chi connectivity index (χ3n) is 3.46. The SMILES string of the molecule is CC(Oc1cccc(CO)c1)C(=O)NC1CCCC1. The van der Waals surface area contributed by atoms with Gasteiger partial charge in [0.25, 0.3) is 5.91 Å². The van der Waals surface area contributed by atoms with Crippen LogP contribution >= 0.6 is 0 Å². The van der Waals surface area contributed by atoms with Gasteiger partial charge in [-0.05, 0) is 37.5 Å². The standard InChI is InChI=1S/C15H21NO3/c1-11(15(18)16-13-6-2-3-7-13)19-14-8-4-5-12(9-14)10-17/h4-5,8-9,11,13,17H,2-3,6-7,10H2,1H3,(H,16,18). The monoisotopic (exact) mass is 263 g/mol. The van der Waals surface area contributed by atoms with Crippen molar-refractivity contribution in [3.05, 3.63) is 29.8 Å². The second kappa shape index (κ2) is 6.57. The third kappa shape index (κ3) is 3.96. The topological polar surface area (TPSA) is 58.6 Å². The van der Waals surface area contributed by atoms with Crippen molar-refractivity contribution in [2.75, 3.05) is 0 Å². The van der Waals surface area contributed by atoms with Crippen LogP contribution in [-0.2, 0) is 11.4 Å². The summed E-state index contributed by atoms with van der Waals surface area (Å²) in [6, 6.07) is 7.47. The number of benzene rings is 1. The molecule has 2 N–H and O–H groups in total. The smallest absolute Gasteiger partial charge is 0.260 e. The van der Waals surface area contributed by atoms with Crippen molar-refractivity contribution in [3.8, 4) is 5.75 Å². The Bertz CT molecular complexity index is 427. The molecule has 104 valence electrons. The van der Waals surface area contributed by atoms with Crippen molar-refractivity contribution in [2.45, 2.75) is 51.4 Å². The zero-order valence-electron chi connectivity index (χ0n) is 11.3. The van der Waals surface area contributed by atoms with Crippen LogP contribution in [0.5, 0.6) is 5.75 Å². The summed E-state index contributed by atoms with van der Waals surface area (Å²) in [5.74, 6) is 0.543. The summed E-state index contributed by atoms with van der Waals surface area (Å²) >= 11 is 0. The molecular formula is C15H21NO3. The normalized spacial score (nSPS) is 17.2. The van der Waals surface area contributed by atoms with Crippen LogP contribution in [0.3, 0.4) is 0 Å². The molecule has 19 heavy (non-hydrogen) atoms. The van der Waals surface area contributed by atoms with Gasteiger partial charge in [-0.2, -0.15) is 0 Å². The van der Waals surface area contributed by atoms with Gasteiger partial charge in [0, 0.05) is 6.04 Å². The van der Waals surface area contributed by atoms with Crippen LogP contribution < -0.4 is 10.1 Å². The summed E-state index contributed by atoms with van der Waals surface area (Å²) in [5, 5.41) is 12.1. The fourth-order valence-corrected chi connectivity index (χ4v) is 2.36. The summed E-state index contributed by atoms with van der Waals surface area (Å²) in [6.07, 6.45) is 4.00. The van der Waals surface area contributed by atoms with Gasteiger partial charge >= 0.3 is 0 Å². The number of hydrogen-bond donors (Lipinski definition) is 2. The average Bonchev–Trinajstić information content (AvgIpc) is 2.91. The highest BCUT2D eigenvalue weighted by molar-refractivity contribution is 5.81. The highest BCUT2D eigenvalue weighted by atomic mass is 16.5. The molecule has 0 aromatic heterocycles. The number of carbonyl (C=O) groups excluding carboxylic acids is 1. The minimum absolute atomic E-state index is 0.0279. The lowest BCUT2D eigenvalue weighted by Gasteiger charge is -2.18. The predicted molar refractivity (Wildman–Crippen MR) is 72.9 cm³/mol. The Morgan fingerprint density at radius 2 is 2.21 bits per heavy atom. The van der Waals surface area contributed by atoms with E-state index < -0.39 is 6.10 Å². The molecule has 0 bridgehead atoms. The fraction of sp³-hybridized carbons (Fsp3) is 0.533. The Balaban J connectivity index is 1.88. The third-order valence-corrected chi connectivity index (χ3v) is 3.46. The fourth-order valence-electron chi connectivity index (χ4n) is 2.36. The highest BCUT2D eigenvalue weighted by Crippen LogP contribution is 2.18. The molecule has 4 heteroatoms. The van der Waals surface area contributed by atoms with Gasteiger partial charge in [0.05, 0.1) is 6.61 Å². The Kier molecular flexibility index (Phi) is 4.80. The Morgan fingerprint density at radius 1 is 1.47 bits per heavy atom. The van der Waals surface area contributed by atoms with Crippen molar-refractivity contribution < 1.29 is 14.6 Å². The molecule has 1 atom stereocenters. The molecule has 1 aromatic carbocycles. The van der Waals surface area contributed by atoms with Crippen LogP contribution in [0.1, 0.15) is 38.2 Å². The van der Waals surface area contributed by atoms with Gasteiger partial charge in [-0.25, -0.2) is 0 Å². The van der Waals surface area contributed by atoms with Gasteiger partial charge in [-0.3, -0.25) is 4.79 Å². The Labute approximate surface area is 113 Å². The molecule has 1 amide bonds. The first-order valence-electron chi connectivity index (χ1n) is 6.86. The number of amides is 1. The van der Waals surface area contributed by atoms with Gasteiger partial charge in [0.15, 0.2) is 6.10 Å². The van der Waals surface area contributed by atoms with Gasteiger partial charge in [-0.15, -0.1) is 0 Å². The zero-order valence-corrected chi connectivity index (χ0v) is 11.3. The molecule has 0 spiro atoms. The van der Waals surface area contributed by atoms with Crippen molar-refractivity contribution in [2.24, 2.45) is 0 Å². The summed E-state index contributed by atoms with van der Waals surface area (Å²) in [5.41, 5.74) is 0.779. The summed E-state index contributed by atoms with van der Waals surface area (Å²) < 4.78 is 5.61. The van der Waals surface area contributed by atoms with E-state index in [1.165, 1.54) is 12.8 Å². The molecule has 2 rings (SSSR count). The largest absolute Gasteiger partial charge is 0.481 e. The number of aliphatic hydroxyl groups excluding tert-OH is 1. The second-order valence-corrected chi connectivity index (χ2v) is 5.06. The molecule has 1 fully saturated rings. The Hall–Kier alpha value is -1.55. The molecule has 0 heterocycles. The maximum atomic E-state index is 12.0. The Morgan fingerprint density at radius 3 is 2.89 bits per heavy atom. The van der Waals surface area contributed by atoms with Crippen LogP contribution in [-0.4, -0.2) is 23.2 Å². The lowest BCUT2D eigenvalue weighted by atomic mass is 10.2. The summed E-state index contributed by atoms with van der Waals surface area (Å²) in [7, 11) is 0.